The highest BCUT2D eigenvalue weighted by atomic mass is 16.3. The summed E-state index contributed by atoms with van der Waals surface area (Å²) in [5.74, 6) is 0.143. The Bertz CT molecular complexity index is 419. The van der Waals surface area contributed by atoms with Gasteiger partial charge < -0.3 is 15.3 Å². The molecule has 0 unspecified atom stereocenters. The third-order valence-electron chi connectivity index (χ3n) is 3.48. The lowest BCUT2D eigenvalue weighted by molar-refractivity contribution is -0.120. The Balaban J connectivity index is 2.17. The van der Waals surface area contributed by atoms with Gasteiger partial charge >= 0.3 is 0 Å². The number of hydrogen-bond donors (Lipinski definition) is 2. The Labute approximate surface area is 121 Å². The van der Waals surface area contributed by atoms with Crippen molar-refractivity contribution in [1.82, 2.24) is 10.2 Å². The van der Waals surface area contributed by atoms with Crippen LogP contribution >= 0.6 is 0 Å². The highest BCUT2D eigenvalue weighted by Gasteiger charge is 2.06. The van der Waals surface area contributed by atoms with Crippen LogP contribution < -0.4 is 5.32 Å². The van der Waals surface area contributed by atoms with E-state index in [9.17, 15) is 9.90 Å². The zero-order chi connectivity index (χ0) is 15.0. The lowest BCUT2D eigenvalue weighted by atomic mass is 10.1. The van der Waals surface area contributed by atoms with E-state index in [4.69, 9.17) is 0 Å². The zero-order valence-corrected chi connectivity index (χ0v) is 12.7. The number of hydrogen-bond acceptors (Lipinski definition) is 3. The molecule has 2 N–H and O–H groups in total. The van der Waals surface area contributed by atoms with Gasteiger partial charge in [0.2, 0.25) is 5.91 Å². The van der Waals surface area contributed by atoms with Crippen molar-refractivity contribution in [1.29, 1.82) is 0 Å². The molecule has 0 aliphatic carbocycles. The van der Waals surface area contributed by atoms with Crippen LogP contribution in [0.1, 0.15) is 32.3 Å². The number of phenolic OH excluding ortho intramolecular Hbond substituents is 1. The van der Waals surface area contributed by atoms with Gasteiger partial charge in [-0.25, -0.2) is 0 Å². The molecule has 0 bridgehead atoms. The van der Waals surface area contributed by atoms with Crippen molar-refractivity contribution < 1.29 is 9.90 Å². The number of carbonyl (C=O) groups is 1. The van der Waals surface area contributed by atoms with E-state index in [1.165, 1.54) is 0 Å². The smallest absolute Gasteiger partial charge is 0.224 e. The molecule has 0 saturated carbocycles. The number of nitrogens with zero attached hydrogens (tertiary/aromatic N) is 1. The van der Waals surface area contributed by atoms with Crippen molar-refractivity contribution in [3.63, 3.8) is 0 Å². The van der Waals surface area contributed by atoms with Crippen molar-refractivity contribution in [2.24, 2.45) is 0 Å². The van der Waals surface area contributed by atoms with Crippen molar-refractivity contribution in [2.75, 3.05) is 20.1 Å². The average Bonchev–Trinajstić information content (AvgIpc) is 2.40. The average molecular weight is 278 g/mol. The number of unbranched alkanes of at least 4 members (excludes halogenated alkanes) is 1. The number of carbonyl (C=O) groups excluding carboxylic acids is 1. The SMILES string of the molecule is CC(C)N(C)CCCCNC(=O)Cc1ccccc1O. The van der Waals surface area contributed by atoms with Gasteiger partial charge in [-0.05, 0) is 46.3 Å². The molecule has 1 amide bonds. The number of nitrogens with one attached hydrogen (secondary N) is 1. The Kier molecular flexibility index (Phi) is 7.09. The third kappa shape index (κ3) is 6.06. The first kappa shape index (κ1) is 16.5. The Morgan fingerprint density at radius 2 is 2.00 bits per heavy atom. The fraction of sp³-hybridized carbons (Fsp3) is 0.562. The second-order valence-electron chi connectivity index (χ2n) is 5.44. The third-order valence-corrected chi connectivity index (χ3v) is 3.48. The van der Waals surface area contributed by atoms with Gasteiger partial charge in [0.25, 0.3) is 0 Å². The fourth-order valence-electron chi connectivity index (χ4n) is 1.87. The van der Waals surface area contributed by atoms with Crippen LogP contribution in [0.4, 0.5) is 0 Å². The van der Waals surface area contributed by atoms with Crippen LogP contribution in [0.5, 0.6) is 5.75 Å². The molecular weight excluding hydrogens is 252 g/mol. The van der Waals surface area contributed by atoms with Gasteiger partial charge in [0.05, 0.1) is 6.42 Å². The highest BCUT2D eigenvalue weighted by molar-refractivity contribution is 5.79. The molecular formula is C16H26N2O2. The van der Waals surface area contributed by atoms with E-state index < -0.39 is 0 Å². The van der Waals surface area contributed by atoms with Crippen LogP contribution in [0.2, 0.25) is 0 Å². The van der Waals surface area contributed by atoms with Crippen LogP contribution in [-0.4, -0.2) is 42.1 Å². The maximum Gasteiger partial charge on any atom is 0.224 e. The summed E-state index contributed by atoms with van der Waals surface area (Å²) in [6.07, 6.45) is 2.29. The molecule has 0 aromatic heterocycles. The van der Waals surface area contributed by atoms with Crippen molar-refractivity contribution in [3.05, 3.63) is 29.8 Å². The second-order valence-corrected chi connectivity index (χ2v) is 5.44. The number of benzene rings is 1. The summed E-state index contributed by atoms with van der Waals surface area (Å²) >= 11 is 0. The van der Waals surface area contributed by atoms with Crippen LogP contribution in [0, 0.1) is 0 Å². The summed E-state index contributed by atoms with van der Waals surface area (Å²) in [5.41, 5.74) is 0.671. The molecule has 1 aromatic carbocycles. The maximum absolute atomic E-state index is 11.7. The normalized spacial score (nSPS) is 11.1. The first-order valence-electron chi connectivity index (χ1n) is 7.24. The standard InChI is InChI=1S/C16H26N2O2/c1-13(2)18(3)11-7-6-10-17-16(20)12-14-8-4-5-9-15(14)19/h4-5,8-9,13,19H,6-7,10-12H2,1-3H3,(H,17,20). The summed E-state index contributed by atoms with van der Waals surface area (Å²) in [6.45, 7) is 6.09. The lowest BCUT2D eigenvalue weighted by Gasteiger charge is -2.20. The first-order valence-corrected chi connectivity index (χ1v) is 7.24. The van der Waals surface area contributed by atoms with E-state index in [-0.39, 0.29) is 18.1 Å². The minimum Gasteiger partial charge on any atom is -0.508 e. The predicted octanol–water partition coefficient (Wildman–Crippen LogP) is 2.17. The Morgan fingerprint density at radius 3 is 2.65 bits per heavy atom. The van der Waals surface area contributed by atoms with Crippen LogP contribution in [0.3, 0.4) is 0 Å². The molecule has 0 aliphatic heterocycles. The summed E-state index contributed by atoms with van der Waals surface area (Å²) in [6, 6.07) is 7.51. The van der Waals surface area contributed by atoms with Gasteiger partial charge in [-0.1, -0.05) is 18.2 Å². The molecule has 0 fully saturated rings. The topological polar surface area (TPSA) is 52.6 Å². The molecule has 20 heavy (non-hydrogen) atoms. The van der Waals surface area contributed by atoms with Crippen molar-refractivity contribution in [2.45, 2.75) is 39.2 Å². The molecule has 0 saturated heterocycles. The lowest BCUT2D eigenvalue weighted by Crippen LogP contribution is -2.29. The van der Waals surface area contributed by atoms with Crippen molar-refractivity contribution in [3.8, 4) is 5.75 Å². The van der Waals surface area contributed by atoms with E-state index in [0.717, 1.165) is 19.4 Å². The fourth-order valence-corrected chi connectivity index (χ4v) is 1.87. The minimum absolute atomic E-state index is 0.0382. The number of rotatable bonds is 8. The molecule has 4 nitrogen and oxygen atoms in total. The summed E-state index contributed by atoms with van der Waals surface area (Å²) in [7, 11) is 2.11. The quantitative estimate of drug-likeness (QED) is 0.717. The monoisotopic (exact) mass is 278 g/mol. The Hall–Kier alpha value is -1.55. The molecule has 0 heterocycles. The summed E-state index contributed by atoms with van der Waals surface area (Å²) in [5, 5.41) is 12.5. The molecule has 112 valence electrons. The molecule has 0 radical (unpaired) electrons. The first-order chi connectivity index (χ1) is 9.50. The number of amides is 1. The van der Waals surface area contributed by atoms with Gasteiger partial charge in [0, 0.05) is 18.2 Å². The number of phenols is 1. The molecule has 1 aromatic rings. The minimum atomic E-state index is -0.0382. The second kappa shape index (κ2) is 8.59. The zero-order valence-electron chi connectivity index (χ0n) is 12.7. The van der Waals surface area contributed by atoms with E-state index >= 15 is 0 Å². The molecule has 1 rings (SSSR count). The largest absolute Gasteiger partial charge is 0.508 e. The maximum atomic E-state index is 11.7. The molecule has 0 aliphatic rings. The summed E-state index contributed by atoms with van der Waals surface area (Å²) in [4.78, 5) is 14.0. The molecule has 0 spiro atoms. The predicted molar refractivity (Wildman–Crippen MR) is 81.8 cm³/mol. The van der Waals surface area contributed by atoms with Gasteiger partial charge in [-0.15, -0.1) is 0 Å². The molecule has 4 heteroatoms. The van der Waals surface area contributed by atoms with E-state index in [1.807, 2.05) is 6.07 Å². The van der Waals surface area contributed by atoms with Crippen LogP contribution in [0.25, 0.3) is 0 Å². The number of aromatic hydroxyl groups is 1. The highest BCUT2D eigenvalue weighted by Crippen LogP contribution is 2.15. The Morgan fingerprint density at radius 1 is 1.30 bits per heavy atom. The van der Waals surface area contributed by atoms with Crippen LogP contribution in [-0.2, 0) is 11.2 Å². The van der Waals surface area contributed by atoms with Crippen molar-refractivity contribution >= 4 is 5.91 Å². The van der Waals surface area contributed by atoms with Crippen LogP contribution in [0.15, 0.2) is 24.3 Å². The van der Waals surface area contributed by atoms with Gasteiger partial charge in [0.15, 0.2) is 0 Å². The van der Waals surface area contributed by atoms with E-state index in [1.54, 1.807) is 18.2 Å². The van der Waals surface area contributed by atoms with E-state index in [0.29, 0.717) is 18.2 Å². The summed E-state index contributed by atoms with van der Waals surface area (Å²) < 4.78 is 0. The number of para-hydroxylation sites is 1. The van der Waals surface area contributed by atoms with Gasteiger partial charge in [-0.2, -0.15) is 0 Å². The molecule has 0 atom stereocenters. The van der Waals surface area contributed by atoms with E-state index in [2.05, 4.69) is 31.1 Å². The van der Waals surface area contributed by atoms with Gasteiger partial charge in [0.1, 0.15) is 5.75 Å². The van der Waals surface area contributed by atoms with Gasteiger partial charge in [-0.3, -0.25) is 4.79 Å².